The van der Waals surface area contributed by atoms with Crippen LogP contribution in [-0.4, -0.2) is 61.9 Å². The molecule has 0 spiro atoms. The molecule has 16 heteroatoms. The van der Waals surface area contributed by atoms with E-state index in [1.54, 1.807) is 18.2 Å². The van der Waals surface area contributed by atoms with Crippen molar-refractivity contribution in [2.45, 2.75) is 38.0 Å². The Hall–Kier alpha value is -4.92. The molecule has 0 radical (unpaired) electrons. The van der Waals surface area contributed by atoms with Crippen LogP contribution in [-0.2, 0) is 4.74 Å². The Morgan fingerprint density at radius 2 is 1.82 bits per heavy atom. The monoisotopic (exact) mass is 646 g/mol. The number of rotatable bonds is 10. The van der Waals surface area contributed by atoms with Crippen molar-refractivity contribution in [2.24, 2.45) is 0 Å². The highest BCUT2D eigenvalue weighted by Gasteiger charge is 2.32. The van der Waals surface area contributed by atoms with Crippen LogP contribution in [0, 0.1) is 5.41 Å². The predicted molar refractivity (Wildman–Crippen MR) is 156 cm³/mol. The first-order valence-corrected chi connectivity index (χ1v) is 14.0. The van der Waals surface area contributed by atoms with Gasteiger partial charge in [-0.25, -0.2) is 14.5 Å². The van der Waals surface area contributed by atoms with Crippen LogP contribution in [0.15, 0.2) is 67.4 Å². The number of hydrogen-bond acceptors (Lipinski definition) is 6. The van der Waals surface area contributed by atoms with Crippen molar-refractivity contribution in [3.8, 4) is 22.4 Å². The van der Waals surface area contributed by atoms with Crippen molar-refractivity contribution in [3.05, 3.63) is 83.5 Å². The molecule has 1 fully saturated rings. The topological polar surface area (TPSA) is 130 Å². The van der Waals surface area contributed by atoms with E-state index in [0.717, 1.165) is 30.3 Å². The molecule has 236 valence electrons. The Morgan fingerprint density at radius 1 is 1.09 bits per heavy atom. The molecule has 3 N–H and O–H groups in total. The van der Waals surface area contributed by atoms with Crippen molar-refractivity contribution >= 4 is 29.6 Å². The van der Waals surface area contributed by atoms with E-state index in [1.807, 2.05) is 0 Å². The summed E-state index contributed by atoms with van der Waals surface area (Å²) in [7, 11) is 1.44. The molecule has 4 aromatic rings. The smallest absolute Gasteiger partial charge is 0.407 e. The van der Waals surface area contributed by atoms with E-state index in [2.05, 4.69) is 20.7 Å². The van der Waals surface area contributed by atoms with Crippen LogP contribution in [0.3, 0.4) is 0 Å². The lowest BCUT2D eigenvalue weighted by Crippen LogP contribution is -2.47. The molecule has 1 saturated carbocycles. The van der Waals surface area contributed by atoms with Crippen molar-refractivity contribution in [2.75, 3.05) is 13.7 Å². The van der Waals surface area contributed by atoms with E-state index in [4.69, 9.17) is 21.7 Å². The summed E-state index contributed by atoms with van der Waals surface area (Å²) >= 11 is 6.41. The molecule has 1 atom stereocenters. The van der Waals surface area contributed by atoms with Gasteiger partial charge >= 0.3 is 19.2 Å². The van der Waals surface area contributed by atoms with Gasteiger partial charge in [-0.15, -0.1) is 0 Å². The third kappa shape index (κ3) is 7.25. The quantitative estimate of drug-likeness (QED) is 0.109. The Labute approximate surface area is 259 Å². The molecule has 1 aliphatic rings. The Morgan fingerprint density at radius 3 is 2.42 bits per heavy atom. The number of halogens is 5. The van der Waals surface area contributed by atoms with E-state index in [1.165, 1.54) is 43.7 Å². The number of aromatic nitrogens is 4. The van der Waals surface area contributed by atoms with Crippen LogP contribution in [0.2, 0.25) is 5.02 Å². The Balaban J connectivity index is 1.50. The summed E-state index contributed by atoms with van der Waals surface area (Å²) in [6, 6.07) is 9.54. The molecule has 0 aliphatic heterocycles. The van der Waals surface area contributed by atoms with Crippen molar-refractivity contribution in [1.82, 2.24) is 34.9 Å². The number of guanidine groups is 1. The molecular weight excluding hydrogens is 620 g/mol. The summed E-state index contributed by atoms with van der Waals surface area (Å²) in [6.45, 7) is -6.01. The lowest BCUT2D eigenvalue weighted by atomic mass is 10.0. The molecular formula is C29H27ClF4N8O3. The fraction of sp³-hybridized carbons (Fsp3) is 0.276. The number of alkyl carbamates (subject to hydrolysis) is 1. The zero-order chi connectivity index (χ0) is 32.2. The molecule has 1 aliphatic carbocycles. The van der Waals surface area contributed by atoms with Gasteiger partial charge in [0.1, 0.15) is 6.61 Å². The van der Waals surface area contributed by atoms with Gasteiger partial charge in [-0.3, -0.25) is 19.7 Å². The van der Waals surface area contributed by atoms with E-state index in [9.17, 15) is 27.2 Å². The molecule has 5 rings (SSSR count). The molecule has 0 bridgehead atoms. The molecule has 2 aromatic heterocycles. The fourth-order valence-corrected chi connectivity index (χ4v) is 4.71. The second-order valence-electron chi connectivity index (χ2n) is 10.1. The van der Waals surface area contributed by atoms with Gasteiger partial charge < -0.3 is 15.4 Å². The predicted octanol–water partition coefficient (Wildman–Crippen LogP) is 6.08. The average molecular weight is 647 g/mol. The molecule has 1 unspecified atom stereocenters. The van der Waals surface area contributed by atoms with Gasteiger partial charge in [-0.2, -0.15) is 22.7 Å². The zero-order valence-corrected chi connectivity index (χ0v) is 24.4. The number of imidazole rings is 1. The molecule has 0 saturated heterocycles. The summed E-state index contributed by atoms with van der Waals surface area (Å²) in [5.74, 6) is -0.990. The fourth-order valence-electron chi connectivity index (χ4n) is 4.50. The van der Waals surface area contributed by atoms with Gasteiger partial charge in [-0.1, -0.05) is 29.8 Å². The second-order valence-corrected chi connectivity index (χ2v) is 10.5. The first-order valence-electron chi connectivity index (χ1n) is 13.6. The van der Waals surface area contributed by atoms with Gasteiger partial charge in [0, 0.05) is 42.2 Å². The molecule has 45 heavy (non-hydrogen) atoms. The number of amides is 2. The van der Waals surface area contributed by atoms with E-state index >= 15 is 0 Å². The first-order chi connectivity index (χ1) is 21.5. The van der Waals surface area contributed by atoms with Crippen molar-refractivity contribution in [3.63, 3.8) is 0 Å². The highest BCUT2D eigenvalue weighted by atomic mass is 35.5. The van der Waals surface area contributed by atoms with Crippen molar-refractivity contribution in [1.29, 1.82) is 5.41 Å². The minimum Gasteiger partial charge on any atom is -0.447 e. The van der Waals surface area contributed by atoms with Crippen LogP contribution in [0.5, 0.6) is 0 Å². The molecule has 2 amide bonds. The van der Waals surface area contributed by atoms with Gasteiger partial charge in [0.2, 0.25) is 0 Å². The number of nitrogens with one attached hydrogen (secondary N) is 3. The number of nitrogens with zero attached hydrogens (tertiary/aromatic N) is 5. The maximum atomic E-state index is 14.0. The standard InChI is InChI=1S/C29H27ClF4N8O3/c1-36-28(35)42(25(43)17-4-2-16(3-5-17)19-11-38-41(12-19)27(33)34)24(14-45-29(44)39-20-7-8-20)18-6-9-22(30)21(10-18)23-13-40(15-37-23)26(31)32/h2-6,9-13,15,20,24,26-27H,7-8,14H2,1H3,(H2,35,36)(H,39,44). The molecule has 11 nitrogen and oxygen atoms in total. The van der Waals surface area contributed by atoms with Crippen molar-refractivity contribution < 1.29 is 31.9 Å². The summed E-state index contributed by atoms with van der Waals surface area (Å²) < 4.78 is 59.0. The van der Waals surface area contributed by atoms with Crippen LogP contribution >= 0.6 is 11.6 Å². The number of ether oxygens (including phenoxy) is 1. The van der Waals surface area contributed by atoms with Gasteiger partial charge in [0.15, 0.2) is 5.96 Å². The van der Waals surface area contributed by atoms with Crippen LogP contribution in [0.1, 0.15) is 47.9 Å². The highest BCUT2D eigenvalue weighted by Crippen LogP contribution is 2.33. The minimum atomic E-state index is -2.82. The second kappa shape index (κ2) is 13.4. The number of carbonyl (C=O) groups excluding carboxylic acids is 2. The first kappa shape index (κ1) is 31.5. The van der Waals surface area contributed by atoms with Gasteiger partial charge in [-0.05, 0) is 48.2 Å². The summed E-state index contributed by atoms with van der Waals surface area (Å²) in [5.41, 5.74) is 1.85. The average Bonchev–Trinajstić information content (AvgIpc) is 3.47. The van der Waals surface area contributed by atoms with Gasteiger partial charge in [0.25, 0.3) is 5.91 Å². The number of hydrogen-bond donors (Lipinski definition) is 3. The summed E-state index contributed by atoms with van der Waals surface area (Å²) in [4.78, 5) is 31.6. The number of alkyl halides is 4. The lowest BCUT2D eigenvalue weighted by Gasteiger charge is -2.32. The highest BCUT2D eigenvalue weighted by molar-refractivity contribution is 6.33. The normalized spacial score (nSPS) is 13.5. The number of carbonyl (C=O) groups is 2. The Kier molecular flexibility index (Phi) is 9.37. The third-order valence-corrected chi connectivity index (χ3v) is 7.35. The van der Waals surface area contributed by atoms with E-state index in [0.29, 0.717) is 25.9 Å². The maximum Gasteiger partial charge on any atom is 0.407 e. The van der Waals surface area contributed by atoms with Crippen LogP contribution in [0.4, 0.5) is 22.4 Å². The van der Waals surface area contributed by atoms with Crippen LogP contribution in [0.25, 0.3) is 22.4 Å². The SMILES string of the molecule is CNC(=N)N(C(=O)c1ccc(-c2cnn(C(F)F)c2)cc1)C(COC(=O)NC1CC1)c1ccc(Cl)c(-c2cn(C(F)F)cn2)c1. The lowest BCUT2D eigenvalue weighted by molar-refractivity contribution is 0.0566. The zero-order valence-electron chi connectivity index (χ0n) is 23.6. The van der Waals surface area contributed by atoms with E-state index < -0.39 is 31.1 Å². The maximum absolute atomic E-state index is 14.0. The third-order valence-electron chi connectivity index (χ3n) is 7.02. The minimum absolute atomic E-state index is 0.00249. The Bertz CT molecular complexity index is 1690. The van der Waals surface area contributed by atoms with Gasteiger partial charge in [0.05, 0.1) is 29.3 Å². The number of benzene rings is 2. The molecule has 2 heterocycles. The largest absolute Gasteiger partial charge is 0.447 e. The summed E-state index contributed by atoms with van der Waals surface area (Å²) in [6.07, 6.45) is 5.46. The van der Waals surface area contributed by atoms with E-state index in [-0.39, 0.29) is 40.5 Å². The molecule has 2 aromatic carbocycles. The summed E-state index contributed by atoms with van der Waals surface area (Å²) in [5, 5.41) is 17.8. The van der Waals surface area contributed by atoms with Crippen LogP contribution < -0.4 is 10.6 Å².